The third-order valence-corrected chi connectivity index (χ3v) is 6.34. The zero-order valence-corrected chi connectivity index (χ0v) is 17.8. The van der Waals surface area contributed by atoms with Gasteiger partial charge in [-0.3, -0.25) is 10.1 Å². The van der Waals surface area contributed by atoms with Gasteiger partial charge in [-0.2, -0.15) is 8.42 Å². The van der Waals surface area contributed by atoms with Crippen molar-refractivity contribution in [2.75, 3.05) is 17.2 Å². The van der Waals surface area contributed by atoms with Crippen molar-refractivity contribution >= 4 is 38.7 Å². The molecule has 31 heavy (non-hydrogen) atoms. The first-order valence-electron chi connectivity index (χ1n) is 10.1. The summed E-state index contributed by atoms with van der Waals surface area (Å²) in [6, 6.07) is 10.7. The number of hydrogen-bond acceptors (Lipinski definition) is 7. The number of hydrogen-bond donors (Lipinski definition) is 4. The maximum absolute atomic E-state index is 12.6. The molecule has 0 spiro atoms. The van der Waals surface area contributed by atoms with Gasteiger partial charge in [0.1, 0.15) is 10.6 Å². The minimum Gasteiger partial charge on any atom is -0.394 e. The quantitative estimate of drug-likeness (QED) is 0.373. The van der Waals surface area contributed by atoms with Gasteiger partial charge < -0.3 is 19.6 Å². The van der Waals surface area contributed by atoms with Crippen molar-refractivity contribution in [2.45, 2.75) is 37.1 Å². The fourth-order valence-electron chi connectivity index (χ4n) is 3.07. The Morgan fingerprint density at radius 1 is 1.26 bits per heavy atom. The summed E-state index contributed by atoms with van der Waals surface area (Å²) in [5, 5.41) is 15.1. The second kappa shape index (κ2) is 8.56. The minimum absolute atomic E-state index is 0.00890. The SMILES string of the molecule is CC[C@@H](CO)Nc1ccc(S(=O)(=O)Oc2ccc3[nH]c(NC(=O)C4CC4)nc3c2)cc1. The molecular weight excluding hydrogens is 420 g/mol. The molecule has 3 aromatic rings. The van der Waals surface area contributed by atoms with Crippen LogP contribution >= 0.6 is 0 Å². The van der Waals surface area contributed by atoms with E-state index in [1.165, 1.54) is 24.3 Å². The molecule has 0 bridgehead atoms. The topological polar surface area (TPSA) is 133 Å². The number of aliphatic hydroxyl groups excluding tert-OH is 1. The van der Waals surface area contributed by atoms with Crippen LogP contribution in [0.5, 0.6) is 5.75 Å². The number of aliphatic hydroxyl groups is 1. The van der Waals surface area contributed by atoms with Gasteiger partial charge in [0.05, 0.1) is 17.6 Å². The molecule has 1 atom stereocenters. The third kappa shape index (κ3) is 4.97. The zero-order chi connectivity index (χ0) is 22.0. The molecule has 1 aliphatic carbocycles. The molecule has 1 amide bonds. The Morgan fingerprint density at radius 3 is 2.65 bits per heavy atom. The number of carbonyl (C=O) groups is 1. The monoisotopic (exact) mass is 444 g/mol. The first-order chi connectivity index (χ1) is 14.9. The Balaban J connectivity index is 1.47. The van der Waals surface area contributed by atoms with Crippen LogP contribution in [0, 0.1) is 5.92 Å². The maximum Gasteiger partial charge on any atom is 0.339 e. The van der Waals surface area contributed by atoms with E-state index in [1.54, 1.807) is 18.2 Å². The van der Waals surface area contributed by atoms with E-state index in [2.05, 4.69) is 20.6 Å². The number of imidazole rings is 1. The lowest BCUT2D eigenvalue weighted by atomic mass is 10.2. The van der Waals surface area contributed by atoms with Gasteiger partial charge in [-0.15, -0.1) is 0 Å². The van der Waals surface area contributed by atoms with Crippen LogP contribution in [0.1, 0.15) is 26.2 Å². The smallest absolute Gasteiger partial charge is 0.339 e. The highest BCUT2D eigenvalue weighted by Crippen LogP contribution is 2.30. The molecule has 2 aromatic carbocycles. The van der Waals surface area contributed by atoms with Crippen molar-refractivity contribution in [3.63, 3.8) is 0 Å². The number of carbonyl (C=O) groups excluding carboxylic acids is 1. The van der Waals surface area contributed by atoms with Gasteiger partial charge >= 0.3 is 10.1 Å². The number of anilines is 2. The van der Waals surface area contributed by atoms with E-state index in [0.29, 0.717) is 22.7 Å². The first kappa shape index (κ1) is 21.1. The second-order valence-electron chi connectivity index (χ2n) is 7.52. The summed E-state index contributed by atoms with van der Waals surface area (Å²) in [6.07, 6.45) is 2.51. The maximum atomic E-state index is 12.6. The normalized spacial score (nSPS) is 14.9. The molecule has 9 nitrogen and oxygen atoms in total. The van der Waals surface area contributed by atoms with Gasteiger partial charge in [0.2, 0.25) is 11.9 Å². The van der Waals surface area contributed by atoms with Crippen LogP contribution < -0.4 is 14.8 Å². The summed E-state index contributed by atoms with van der Waals surface area (Å²) in [5.41, 5.74) is 1.84. The van der Waals surface area contributed by atoms with E-state index in [4.69, 9.17) is 4.18 Å². The summed E-state index contributed by atoms with van der Waals surface area (Å²) >= 11 is 0. The van der Waals surface area contributed by atoms with Crippen LogP contribution in [0.4, 0.5) is 11.6 Å². The van der Waals surface area contributed by atoms with E-state index < -0.39 is 10.1 Å². The molecule has 0 aliphatic heterocycles. The number of nitrogens with one attached hydrogen (secondary N) is 3. The van der Waals surface area contributed by atoms with Crippen LogP contribution in [-0.2, 0) is 14.9 Å². The molecule has 1 fully saturated rings. The number of aromatic amines is 1. The zero-order valence-electron chi connectivity index (χ0n) is 17.0. The molecule has 0 radical (unpaired) electrons. The predicted molar refractivity (Wildman–Crippen MR) is 116 cm³/mol. The molecule has 1 saturated carbocycles. The molecule has 164 valence electrons. The predicted octanol–water partition coefficient (Wildman–Crippen LogP) is 2.86. The van der Waals surface area contributed by atoms with E-state index in [0.717, 1.165) is 19.3 Å². The molecular formula is C21H24N4O5S. The average Bonchev–Trinajstić information content (AvgIpc) is 3.53. The van der Waals surface area contributed by atoms with E-state index in [-0.39, 0.29) is 35.1 Å². The van der Waals surface area contributed by atoms with Crippen molar-refractivity contribution < 1.29 is 22.5 Å². The third-order valence-electron chi connectivity index (χ3n) is 5.08. The van der Waals surface area contributed by atoms with Crippen LogP contribution in [0.25, 0.3) is 11.0 Å². The number of amides is 1. The highest BCUT2D eigenvalue weighted by Gasteiger charge is 2.30. The summed E-state index contributed by atoms with van der Waals surface area (Å²) < 4.78 is 30.6. The highest BCUT2D eigenvalue weighted by atomic mass is 32.2. The second-order valence-corrected chi connectivity index (χ2v) is 9.07. The Bertz CT molecular complexity index is 1180. The van der Waals surface area contributed by atoms with Crippen molar-refractivity contribution in [2.24, 2.45) is 5.92 Å². The number of H-pyrrole nitrogens is 1. The Labute approximate surface area is 180 Å². The molecule has 1 aromatic heterocycles. The van der Waals surface area contributed by atoms with Gasteiger partial charge in [0.15, 0.2) is 0 Å². The molecule has 1 heterocycles. The number of nitrogens with zero attached hydrogens (tertiary/aromatic N) is 1. The van der Waals surface area contributed by atoms with E-state index >= 15 is 0 Å². The highest BCUT2D eigenvalue weighted by molar-refractivity contribution is 7.87. The lowest BCUT2D eigenvalue weighted by Crippen LogP contribution is -2.22. The molecule has 0 saturated heterocycles. The van der Waals surface area contributed by atoms with Gasteiger partial charge in [0, 0.05) is 23.7 Å². The number of benzene rings is 2. The van der Waals surface area contributed by atoms with Crippen LogP contribution in [0.2, 0.25) is 0 Å². The van der Waals surface area contributed by atoms with Gasteiger partial charge in [0.25, 0.3) is 0 Å². The van der Waals surface area contributed by atoms with Gasteiger partial charge in [-0.05, 0) is 55.7 Å². The lowest BCUT2D eigenvalue weighted by molar-refractivity contribution is -0.117. The van der Waals surface area contributed by atoms with Crippen molar-refractivity contribution in [1.82, 2.24) is 9.97 Å². The number of fused-ring (bicyclic) bond motifs is 1. The Kier molecular flexibility index (Phi) is 5.84. The fourth-order valence-corrected chi connectivity index (χ4v) is 3.99. The largest absolute Gasteiger partial charge is 0.394 e. The number of aromatic nitrogens is 2. The lowest BCUT2D eigenvalue weighted by Gasteiger charge is -2.15. The standard InChI is InChI=1S/C21H24N4O5S/c1-2-14(12-26)22-15-5-8-17(9-6-15)31(28,29)30-16-7-10-18-19(11-16)24-21(23-18)25-20(27)13-3-4-13/h5-11,13-14,22,26H,2-4,12H2,1H3,(H2,23,24,25,27)/t14-/m0/s1. The molecule has 4 N–H and O–H groups in total. The fraction of sp³-hybridized carbons (Fsp3) is 0.333. The van der Waals surface area contributed by atoms with Crippen LogP contribution in [0.15, 0.2) is 47.4 Å². The Morgan fingerprint density at radius 2 is 2.00 bits per heavy atom. The molecule has 0 unspecified atom stereocenters. The summed E-state index contributed by atoms with van der Waals surface area (Å²) in [5.74, 6) is 0.423. The summed E-state index contributed by atoms with van der Waals surface area (Å²) in [4.78, 5) is 19.2. The Hall–Kier alpha value is -3.11. The van der Waals surface area contributed by atoms with Crippen LogP contribution in [-0.4, -0.2) is 42.0 Å². The van der Waals surface area contributed by atoms with E-state index in [1.807, 2.05) is 6.92 Å². The minimum atomic E-state index is -4.04. The summed E-state index contributed by atoms with van der Waals surface area (Å²) in [6.45, 7) is 1.93. The molecule has 4 rings (SSSR count). The summed E-state index contributed by atoms with van der Waals surface area (Å²) in [7, 11) is -4.04. The van der Waals surface area contributed by atoms with Crippen molar-refractivity contribution in [3.05, 3.63) is 42.5 Å². The average molecular weight is 445 g/mol. The number of rotatable bonds is 9. The molecule has 1 aliphatic rings. The van der Waals surface area contributed by atoms with Crippen molar-refractivity contribution in [3.8, 4) is 5.75 Å². The van der Waals surface area contributed by atoms with Crippen molar-refractivity contribution in [1.29, 1.82) is 0 Å². The van der Waals surface area contributed by atoms with Gasteiger partial charge in [-0.1, -0.05) is 6.92 Å². The molecule has 10 heteroatoms. The van der Waals surface area contributed by atoms with E-state index in [9.17, 15) is 18.3 Å². The first-order valence-corrected chi connectivity index (χ1v) is 11.5. The van der Waals surface area contributed by atoms with Crippen LogP contribution in [0.3, 0.4) is 0 Å². The van der Waals surface area contributed by atoms with Gasteiger partial charge in [-0.25, -0.2) is 4.98 Å².